The first-order chi connectivity index (χ1) is 25.6. The molecule has 0 aromatic heterocycles. The van der Waals surface area contributed by atoms with Crippen molar-refractivity contribution in [2.45, 2.75) is 297 Å². The molecular weight excluding hydrogens is 840 g/mol. The van der Waals surface area contributed by atoms with E-state index in [-0.39, 0.29) is 124 Å². The molecule has 16 heteroatoms. The Morgan fingerprint density at radius 3 is 0.197 bits per heavy atom. The van der Waals surface area contributed by atoms with E-state index in [9.17, 15) is 61.3 Å². The zero-order valence-electron chi connectivity index (χ0n) is 44.5. The fourth-order valence-corrected chi connectivity index (χ4v) is 0. The van der Waals surface area contributed by atoms with Gasteiger partial charge in [0.05, 0.1) is 0 Å². The molecule has 12 nitrogen and oxygen atoms in total. The van der Waals surface area contributed by atoms with Crippen LogP contribution in [0.15, 0.2) is 0 Å². The van der Waals surface area contributed by atoms with Crippen molar-refractivity contribution in [2.24, 2.45) is 0 Å². The van der Waals surface area contributed by atoms with Crippen molar-refractivity contribution in [1.82, 2.24) is 0 Å². The Kier molecular flexibility index (Phi) is 187. The minimum absolute atomic E-state index is 0. The quantitative estimate of drug-likeness (QED) is 0.253. The normalized spacial score (nSPS) is 12.8. The molecule has 0 saturated carbocycles. The molecule has 0 bridgehead atoms. The van der Waals surface area contributed by atoms with Crippen LogP contribution in [0.4, 0.5) is 0 Å². The molecule has 9 atom stereocenters. The van der Waals surface area contributed by atoms with Gasteiger partial charge in [0.2, 0.25) is 0 Å². The van der Waals surface area contributed by atoms with Gasteiger partial charge in [-0.25, -0.2) is 0 Å². The second-order valence-corrected chi connectivity index (χ2v) is 14.1. The summed E-state index contributed by atoms with van der Waals surface area (Å²) in [6.07, 6.45) is 2.21. The first-order valence-corrected chi connectivity index (χ1v) is 21.5. The Morgan fingerprint density at radius 1 is 0.180 bits per heavy atom. The first-order valence-electron chi connectivity index (χ1n) is 21.5. The van der Waals surface area contributed by atoms with E-state index in [1.807, 2.05) is 62.3 Å². The van der Waals surface area contributed by atoms with Crippen molar-refractivity contribution in [3.8, 4) is 0 Å². The Bertz CT molecular complexity index is 397. The topological polar surface area (TPSA) is 277 Å². The molecule has 0 spiro atoms. The van der Waals surface area contributed by atoms with Crippen molar-refractivity contribution in [3.05, 3.63) is 0 Å². The van der Waals surface area contributed by atoms with Crippen LogP contribution in [0, 0.1) is 0 Å². The summed E-state index contributed by atoms with van der Waals surface area (Å²) in [4.78, 5) is 0. The molecule has 0 saturated heterocycles. The van der Waals surface area contributed by atoms with E-state index in [0.29, 0.717) is 0 Å². The molecule has 0 aromatic rings. The van der Waals surface area contributed by atoms with Gasteiger partial charge in [0.15, 0.2) is 0 Å². The van der Waals surface area contributed by atoms with Crippen LogP contribution >= 0.6 is 0 Å². The molecule has 0 aliphatic heterocycles. The van der Waals surface area contributed by atoms with E-state index in [0.717, 1.165) is 57.8 Å². The Hall–Kier alpha value is 1.65. The van der Waals surface area contributed by atoms with E-state index >= 15 is 0 Å². The maximum absolute atomic E-state index is 9.90. The molecule has 61 heavy (non-hydrogen) atoms. The minimum atomic E-state index is -0.417. The number of hydrogen-bond acceptors (Lipinski definition) is 12. The third kappa shape index (κ3) is 568. The summed E-state index contributed by atoms with van der Waals surface area (Å²) in [6.45, 7) is 41.6. The minimum Gasteiger partial charge on any atom is -0.852 e. The van der Waals surface area contributed by atoms with Crippen LogP contribution in [0.5, 0.6) is 0 Å². The Morgan fingerprint density at radius 2 is 0.197 bits per heavy atom. The summed E-state index contributed by atoms with van der Waals surface area (Å²) in [5, 5.41) is 118. The van der Waals surface area contributed by atoms with E-state index in [1.54, 1.807) is 104 Å². The first kappa shape index (κ1) is 109. The third-order valence-corrected chi connectivity index (χ3v) is 5.17. The number of rotatable bonds is 9. The van der Waals surface area contributed by atoms with Crippen molar-refractivity contribution in [2.75, 3.05) is 0 Å². The summed E-state index contributed by atoms with van der Waals surface area (Å²) in [5.74, 6) is 0. The van der Waals surface area contributed by atoms with Gasteiger partial charge in [-0.1, -0.05) is 224 Å². The zero-order valence-corrected chi connectivity index (χ0v) is 49.1. The second kappa shape index (κ2) is 104. The van der Waals surface area contributed by atoms with E-state index in [4.69, 9.17) is 0 Å². The molecule has 0 rings (SSSR count). The SMILES string of the molecule is CC(C)[O-].CC(C)[O-].CC(C)[O-].CCC(C)[O-].CCC(C)[O-].CCC(C)[O-].CCC(C)[O-].CCC(C)[O-].CCC(C)[O-].CCC(C)[O-].CCC(C)[O-].CCC(C)[O-].[Al+3].[Al+3].[Al+3].[Al+3]. The van der Waals surface area contributed by atoms with Gasteiger partial charge in [-0.3, -0.25) is 0 Å². The molecule has 0 heterocycles. The zero-order chi connectivity index (χ0) is 49.3. The van der Waals surface area contributed by atoms with Crippen LogP contribution < -0.4 is 61.3 Å². The molecule has 0 aliphatic carbocycles. The Labute approximate surface area is 425 Å². The van der Waals surface area contributed by atoms with Gasteiger partial charge in [0, 0.05) is 0 Å². The molecule has 9 unspecified atom stereocenters. The summed E-state index contributed by atoms with van der Waals surface area (Å²) < 4.78 is 0. The monoisotopic (exact) mass is 943 g/mol. The molecule has 0 amide bonds. The van der Waals surface area contributed by atoms with Gasteiger partial charge in [-0.2, -0.15) is 0 Å². The molecule has 0 fully saturated rings. The molecule has 0 N–H and O–H groups in total. The van der Waals surface area contributed by atoms with Crippen LogP contribution in [0.1, 0.15) is 224 Å². The molecular formula is C45H102Al4O12. The van der Waals surface area contributed by atoms with Crippen LogP contribution in [-0.2, 0) is 0 Å². The van der Waals surface area contributed by atoms with Gasteiger partial charge < -0.3 is 61.3 Å². The molecule has 0 aliphatic rings. The fourth-order valence-electron chi connectivity index (χ4n) is 0. The molecule has 366 valence electrons. The van der Waals surface area contributed by atoms with Gasteiger partial charge >= 0.3 is 69.4 Å². The summed E-state index contributed by atoms with van der Waals surface area (Å²) in [7, 11) is 0. The summed E-state index contributed by atoms with van der Waals surface area (Å²) >= 11 is 0. The smallest absolute Gasteiger partial charge is 0.852 e. The summed E-state index contributed by atoms with van der Waals surface area (Å²) in [6, 6.07) is 0. The molecule has 0 radical (unpaired) electrons. The summed E-state index contributed by atoms with van der Waals surface area (Å²) in [5.41, 5.74) is 0. The van der Waals surface area contributed by atoms with E-state index in [1.165, 1.54) is 0 Å². The fraction of sp³-hybridized carbons (Fsp3) is 1.00. The predicted octanol–water partition coefficient (Wildman–Crippen LogP) is -0.951. The average molecular weight is 943 g/mol. The van der Waals surface area contributed by atoms with Gasteiger partial charge in [-0.05, 0) is 0 Å². The van der Waals surface area contributed by atoms with Crippen LogP contribution in [0.25, 0.3) is 0 Å². The standard InChI is InChI=1S/9C4H9O.3C3H7O.4Al/c9*1-3-4(2)5;3*1-3(2)4;;;;/h9*4H,3H2,1-2H3;3*3H,1-2H3;;;;/q12*-1;4*+3. The van der Waals surface area contributed by atoms with Gasteiger partial charge in [-0.15, -0.1) is 73.2 Å². The van der Waals surface area contributed by atoms with Crippen molar-refractivity contribution in [3.63, 3.8) is 0 Å². The van der Waals surface area contributed by atoms with Gasteiger partial charge in [0.25, 0.3) is 0 Å². The Balaban J connectivity index is -0.0000000257. The second-order valence-electron chi connectivity index (χ2n) is 14.1. The number of hydrogen-bond donors (Lipinski definition) is 0. The van der Waals surface area contributed by atoms with Crippen LogP contribution in [-0.4, -0.2) is 143 Å². The molecule has 0 aromatic carbocycles. The maximum Gasteiger partial charge on any atom is 3.00 e. The van der Waals surface area contributed by atoms with Crippen LogP contribution in [0.2, 0.25) is 0 Å². The van der Waals surface area contributed by atoms with Crippen LogP contribution in [0.3, 0.4) is 0 Å². The van der Waals surface area contributed by atoms with E-state index < -0.39 is 18.3 Å². The van der Waals surface area contributed by atoms with Crippen molar-refractivity contribution in [1.29, 1.82) is 0 Å². The van der Waals surface area contributed by atoms with Crippen molar-refractivity contribution >= 4 is 69.4 Å². The maximum atomic E-state index is 9.90. The average Bonchev–Trinajstić information content (AvgIpc) is 3.09. The van der Waals surface area contributed by atoms with E-state index in [2.05, 4.69) is 0 Å². The van der Waals surface area contributed by atoms with Crippen molar-refractivity contribution < 1.29 is 61.3 Å². The third-order valence-electron chi connectivity index (χ3n) is 5.17. The predicted molar refractivity (Wildman–Crippen MR) is 246 cm³/mol. The largest absolute Gasteiger partial charge is 3.00 e. The van der Waals surface area contributed by atoms with Gasteiger partial charge in [0.1, 0.15) is 0 Å².